The number of hydrogen-bond donors (Lipinski definition) is 2. The molecule has 156 valence electrons. The van der Waals surface area contributed by atoms with Crippen LogP contribution in [0.5, 0.6) is 0 Å². The Balaban J connectivity index is 1.68. The molecule has 28 heavy (non-hydrogen) atoms. The zero-order valence-corrected chi connectivity index (χ0v) is 17.5. The predicted octanol–water partition coefficient (Wildman–Crippen LogP) is 1.56. The smallest absolute Gasteiger partial charge is 0.222 e. The summed E-state index contributed by atoms with van der Waals surface area (Å²) in [5.74, 6) is 1.16. The van der Waals surface area contributed by atoms with Crippen LogP contribution in [-0.2, 0) is 20.4 Å². The molecule has 0 spiro atoms. The SMILES string of the molecule is CCNC(=NCCCN1CCCC1=O)NCCCS(=O)(=O)Cc1ccccc1. The lowest BCUT2D eigenvalue weighted by molar-refractivity contribution is -0.127. The maximum atomic E-state index is 12.2. The van der Waals surface area contributed by atoms with Crippen molar-refractivity contribution in [1.29, 1.82) is 0 Å². The maximum absolute atomic E-state index is 12.2. The van der Waals surface area contributed by atoms with Crippen molar-refractivity contribution in [3.8, 4) is 0 Å². The average Bonchev–Trinajstić information content (AvgIpc) is 3.07. The monoisotopic (exact) mass is 408 g/mol. The summed E-state index contributed by atoms with van der Waals surface area (Å²) in [6.07, 6.45) is 2.98. The summed E-state index contributed by atoms with van der Waals surface area (Å²) in [5.41, 5.74) is 0.821. The molecular weight excluding hydrogens is 376 g/mol. The van der Waals surface area contributed by atoms with Gasteiger partial charge in [0.2, 0.25) is 5.91 Å². The number of rotatable bonds is 11. The zero-order chi connectivity index (χ0) is 20.2. The van der Waals surface area contributed by atoms with Gasteiger partial charge in [0.1, 0.15) is 0 Å². The van der Waals surface area contributed by atoms with Crippen LogP contribution in [0.3, 0.4) is 0 Å². The Kier molecular flexibility index (Phi) is 9.27. The molecule has 0 radical (unpaired) electrons. The summed E-state index contributed by atoms with van der Waals surface area (Å²) in [6.45, 7) is 5.51. The van der Waals surface area contributed by atoms with Crippen LogP contribution < -0.4 is 10.6 Å². The molecule has 1 aliphatic rings. The molecule has 1 saturated heterocycles. The van der Waals surface area contributed by atoms with Crippen LogP contribution in [0.15, 0.2) is 35.3 Å². The highest BCUT2D eigenvalue weighted by molar-refractivity contribution is 7.90. The minimum atomic E-state index is -3.12. The van der Waals surface area contributed by atoms with Crippen molar-refractivity contribution in [3.63, 3.8) is 0 Å². The van der Waals surface area contributed by atoms with E-state index in [0.717, 1.165) is 38.0 Å². The number of nitrogens with one attached hydrogen (secondary N) is 2. The van der Waals surface area contributed by atoms with Crippen molar-refractivity contribution in [3.05, 3.63) is 35.9 Å². The van der Waals surface area contributed by atoms with Crippen molar-refractivity contribution >= 4 is 21.7 Å². The second kappa shape index (κ2) is 11.7. The molecule has 0 atom stereocenters. The molecule has 2 rings (SSSR count). The summed E-state index contributed by atoms with van der Waals surface area (Å²) in [5, 5.41) is 6.35. The van der Waals surface area contributed by atoms with Gasteiger partial charge in [0.15, 0.2) is 15.8 Å². The standard InChI is InChI=1S/C20H32N4O3S/c1-2-21-20(22-12-7-15-24-14-6-11-19(24)25)23-13-8-16-28(26,27)17-18-9-4-3-5-10-18/h3-5,9-10H,2,6-8,11-17H2,1H3,(H2,21,22,23). The number of likely N-dealkylation sites (tertiary alicyclic amines) is 1. The van der Waals surface area contributed by atoms with E-state index in [-0.39, 0.29) is 17.4 Å². The van der Waals surface area contributed by atoms with E-state index in [1.807, 2.05) is 42.2 Å². The van der Waals surface area contributed by atoms with Crippen molar-refractivity contribution in [2.24, 2.45) is 4.99 Å². The molecule has 0 aliphatic carbocycles. The topological polar surface area (TPSA) is 90.9 Å². The van der Waals surface area contributed by atoms with Crippen LogP contribution >= 0.6 is 0 Å². The van der Waals surface area contributed by atoms with Gasteiger partial charge >= 0.3 is 0 Å². The first-order valence-electron chi connectivity index (χ1n) is 10.0. The number of aliphatic imine (C=N–C) groups is 1. The minimum Gasteiger partial charge on any atom is -0.357 e. The van der Waals surface area contributed by atoms with Gasteiger partial charge in [-0.2, -0.15) is 0 Å². The van der Waals surface area contributed by atoms with Gasteiger partial charge in [-0.15, -0.1) is 0 Å². The number of guanidine groups is 1. The fourth-order valence-corrected chi connectivity index (χ4v) is 4.56. The molecule has 2 N–H and O–H groups in total. The fraction of sp³-hybridized carbons (Fsp3) is 0.600. The molecule has 1 heterocycles. The number of amides is 1. The summed E-state index contributed by atoms with van der Waals surface area (Å²) in [4.78, 5) is 18.0. The number of benzene rings is 1. The predicted molar refractivity (Wildman–Crippen MR) is 113 cm³/mol. The Hall–Kier alpha value is -2.09. The average molecular weight is 409 g/mol. The first-order valence-corrected chi connectivity index (χ1v) is 11.9. The van der Waals surface area contributed by atoms with Crippen molar-refractivity contribution < 1.29 is 13.2 Å². The van der Waals surface area contributed by atoms with Gasteiger partial charge in [-0.05, 0) is 31.7 Å². The van der Waals surface area contributed by atoms with Gasteiger partial charge in [-0.3, -0.25) is 9.79 Å². The third-order valence-electron chi connectivity index (χ3n) is 4.53. The van der Waals surface area contributed by atoms with Gasteiger partial charge in [0, 0.05) is 39.1 Å². The molecular formula is C20H32N4O3S. The second-order valence-electron chi connectivity index (χ2n) is 6.96. The van der Waals surface area contributed by atoms with E-state index in [2.05, 4.69) is 15.6 Å². The third kappa shape index (κ3) is 8.29. The van der Waals surface area contributed by atoms with E-state index in [9.17, 15) is 13.2 Å². The third-order valence-corrected chi connectivity index (χ3v) is 6.21. The Morgan fingerprint density at radius 2 is 1.96 bits per heavy atom. The number of carbonyl (C=O) groups excluding carboxylic acids is 1. The lowest BCUT2D eigenvalue weighted by Crippen LogP contribution is -2.38. The van der Waals surface area contributed by atoms with Crippen molar-refractivity contribution in [1.82, 2.24) is 15.5 Å². The summed E-state index contributed by atoms with van der Waals surface area (Å²) in [6, 6.07) is 9.25. The molecule has 1 aromatic rings. The Bertz CT molecular complexity index is 735. The van der Waals surface area contributed by atoms with Crippen LogP contribution in [0.1, 0.15) is 38.2 Å². The molecule has 7 nitrogen and oxygen atoms in total. The van der Waals surface area contributed by atoms with Crippen LogP contribution in [0.25, 0.3) is 0 Å². The first kappa shape index (κ1) is 22.2. The number of carbonyl (C=O) groups is 1. The molecule has 1 aliphatic heterocycles. The lowest BCUT2D eigenvalue weighted by atomic mass is 10.2. The Morgan fingerprint density at radius 3 is 2.64 bits per heavy atom. The van der Waals surface area contributed by atoms with E-state index >= 15 is 0 Å². The van der Waals surface area contributed by atoms with E-state index < -0.39 is 9.84 Å². The van der Waals surface area contributed by atoms with Gasteiger partial charge in [-0.25, -0.2) is 8.42 Å². The van der Waals surface area contributed by atoms with Crippen LogP contribution in [0.4, 0.5) is 0 Å². The molecule has 1 fully saturated rings. The molecule has 1 aromatic carbocycles. The largest absolute Gasteiger partial charge is 0.357 e. The van der Waals surface area contributed by atoms with Crippen LogP contribution in [0.2, 0.25) is 0 Å². The minimum absolute atomic E-state index is 0.0806. The van der Waals surface area contributed by atoms with Gasteiger partial charge < -0.3 is 15.5 Å². The number of hydrogen-bond acceptors (Lipinski definition) is 4. The van der Waals surface area contributed by atoms with Gasteiger partial charge in [0.05, 0.1) is 11.5 Å². The summed E-state index contributed by atoms with van der Waals surface area (Å²) in [7, 11) is -3.12. The van der Waals surface area contributed by atoms with E-state index in [1.165, 1.54) is 0 Å². The highest BCUT2D eigenvalue weighted by Gasteiger charge is 2.18. The van der Waals surface area contributed by atoms with Gasteiger partial charge in [-0.1, -0.05) is 30.3 Å². The van der Waals surface area contributed by atoms with E-state index in [1.54, 1.807) is 0 Å². The van der Waals surface area contributed by atoms with Crippen molar-refractivity contribution in [2.45, 2.75) is 38.4 Å². The molecule has 0 saturated carbocycles. The van der Waals surface area contributed by atoms with Crippen LogP contribution in [-0.4, -0.2) is 63.7 Å². The Labute approximate surface area is 168 Å². The maximum Gasteiger partial charge on any atom is 0.222 e. The van der Waals surface area contributed by atoms with Crippen LogP contribution in [0, 0.1) is 0 Å². The summed E-state index contributed by atoms with van der Waals surface area (Å²) >= 11 is 0. The van der Waals surface area contributed by atoms with Crippen molar-refractivity contribution in [2.75, 3.05) is 38.5 Å². The van der Waals surface area contributed by atoms with E-state index in [4.69, 9.17) is 0 Å². The van der Waals surface area contributed by atoms with Gasteiger partial charge in [0.25, 0.3) is 0 Å². The normalized spacial score (nSPS) is 15.1. The van der Waals surface area contributed by atoms with E-state index in [0.29, 0.717) is 31.9 Å². The lowest BCUT2D eigenvalue weighted by Gasteiger charge is -2.15. The molecule has 1 amide bonds. The zero-order valence-electron chi connectivity index (χ0n) is 16.7. The molecule has 0 bridgehead atoms. The first-order chi connectivity index (χ1) is 13.5. The number of sulfone groups is 1. The fourth-order valence-electron chi connectivity index (χ4n) is 3.13. The Morgan fingerprint density at radius 1 is 1.18 bits per heavy atom. The molecule has 0 aromatic heterocycles. The molecule has 8 heteroatoms. The highest BCUT2D eigenvalue weighted by Crippen LogP contribution is 2.09. The number of nitrogens with zero attached hydrogens (tertiary/aromatic N) is 2. The second-order valence-corrected chi connectivity index (χ2v) is 9.14. The quantitative estimate of drug-likeness (QED) is 0.329. The summed E-state index contributed by atoms with van der Waals surface area (Å²) < 4.78 is 24.5. The molecule has 0 unspecified atom stereocenters. The highest BCUT2D eigenvalue weighted by atomic mass is 32.2.